The molecule has 8 heteroatoms. The Bertz CT molecular complexity index is 1150. The number of carbonyl (C=O) groups excluding carboxylic acids is 2. The number of ether oxygens (including phenoxy) is 4. The SMILES string of the molecule is CCOC(=O)c1c(-c2ccc(OC)c(OC)c2)csc1NC(=O)COc1ccc(C)cc1C. The van der Waals surface area contributed by atoms with Crippen LogP contribution >= 0.6 is 11.3 Å². The van der Waals surface area contributed by atoms with Crippen molar-refractivity contribution in [2.75, 3.05) is 32.8 Å². The second-order valence-electron chi connectivity index (χ2n) is 7.25. The summed E-state index contributed by atoms with van der Waals surface area (Å²) in [4.78, 5) is 25.4. The summed E-state index contributed by atoms with van der Waals surface area (Å²) in [6, 6.07) is 11.1. The minimum atomic E-state index is -0.519. The van der Waals surface area contributed by atoms with Gasteiger partial charge in [0.25, 0.3) is 5.91 Å². The molecule has 0 bridgehead atoms. The first-order valence-electron chi connectivity index (χ1n) is 10.4. The highest BCUT2D eigenvalue weighted by atomic mass is 32.1. The summed E-state index contributed by atoms with van der Waals surface area (Å²) in [5, 5.41) is 4.99. The Morgan fingerprint density at radius 1 is 0.970 bits per heavy atom. The van der Waals surface area contributed by atoms with E-state index >= 15 is 0 Å². The molecule has 1 amide bonds. The molecule has 0 spiro atoms. The smallest absolute Gasteiger partial charge is 0.341 e. The number of esters is 1. The summed E-state index contributed by atoms with van der Waals surface area (Å²) in [5.41, 5.74) is 3.71. The maximum Gasteiger partial charge on any atom is 0.341 e. The molecule has 0 fully saturated rings. The van der Waals surface area contributed by atoms with Crippen molar-refractivity contribution in [3.63, 3.8) is 0 Å². The van der Waals surface area contributed by atoms with Gasteiger partial charge in [-0.05, 0) is 50.1 Å². The van der Waals surface area contributed by atoms with E-state index < -0.39 is 5.97 Å². The highest BCUT2D eigenvalue weighted by Gasteiger charge is 2.23. The molecule has 0 saturated heterocycles. The van der Waals surface area contributed by atoms with Crippen LogP contribution in [0.5, 0.6) is 17.2 Å². The van der Waals surface area contributed by atoms with Gasteiger partial charge >= 0.3 is 5.97 Å². The van der Waals surface area contributed by atoms with Gasteiger partial charge in [0.1, 0.15) is 16.3 Å². The Labute approximate surface area is 197 Å². The fraction of sp³-hybridized carbons (Fsp3) is 0.280. The van der Waals surface area contributed by atoms with Crippen molar-refractivity contribution in [1.29, 1.82) is 0 Å². The van der Waals surface area contributed by atoms with Crippen LogP contribution in [0.4, 0.5) is 5.00 Å². The first-order chi connectivity index (χ1) is 15.9. The number of methoxy groups -OCH3 is 2. The standard InChI is InChI=1S/C25H27NO6S/c1-6-31-25(28)23-18(17-8-10-20(29-4)21(12-17)30-5)14-33-24(23)26-22(27)13-32-19-9-7-15(2)11-16(19)3/h7-12,14H,6,13H2,1-5H3,(H,26,27). The van der Waals surface area contributed by atoms with Gasteiger partial charge in [0.2, 0.25) is 0 Å². The summed E-state index contributed by atoms with van der Waals surface area (Å²) in [7, 11) is 3.10. The van der Waals surface area contributed by atoms with E-state index in [1.54, 1.807) is 38.7 Å². The van der Waals surface area contributed by atoms with Crippen molar-refractivity contribution in [3.8, 4) is 28.4 Å². The Morgan fingerprint density at radius 2 is 1.70 bits per heavy atom. The van der Waals surface area contributed by atoms with Gasteiger partial charge in [-0.25, -0.2) is 4.79 Å². The lowest BCUT2D eigenvalue weighted by atomic mass is 10.0. The van der Waals surface area contributed by atoms with Crippen molar-refractivity contribution in [3.05, 3.63) is 58.5 Å². The number of hydrogen-bond donors (Lipinski definition) is 1. The molecule has 3 aromatic rings. The van der Waals surface area contributed by atoms with E-state index in [0.29, 0.717) is 27.8 Å². The molecule has 0 aliphatic rings. The second kappa shape index (κ2) is 10.9. The number of aryl methyl sites for hydroxylation is 2. The Balaban J connectivity index is 1.85. The number of carbonyl (C=O) groups is 2. The highest BCUT2D eigenvalue weighted by Crippen LogP contribution is 2.39. The van der Waals surface area contributed by atoms with Gasteiger partial charge < -0.3 is 24.3 Å². The van der Waals surface area contributed by atoms with E-state index in [-0.39, 0.29) is 24.7 Å². The monoisotopic (exact) mass is 469 g/mol. The Hall–Kier alpha value is -3.52. The van der Waals surface area contributed by atoms with Crippen LogP contribution in [0.25, 0.3) is 11.1 Å². The summed E-state index contributed by atoms with van der Waals surface area (Å²) in [5.74, 6) is 0.851. The molecule has 0 atom stereocenters. The molecule has 7 nitrogen and oxygen atoms in total. The fourth-order valence-electron chi connectivity index (χ4n) is 3.34. The number of thiophene rings is 1. The van der Waals surface area contributed by atoms with Gasteiger partial charge in [-0.15, -0.1) is 11.3 Å². The van der Waals surface area contributed by atoms with Gasteiger partial charge in [0, 0.05) is 10.9 Å². The summed E-state index contributed by atoms with van der Waals surface area (Å²) in [6.07, 6.45) is 0. The average Bonchev–Trinajstić information content (AvgIpc) is 3.21. The third kappa shape index (κ3) is 5.64. The van der Waals surface area contributed by atoms with Crippen LogP contribution in [-0.4, -0.2) is 39.3 Å². The van der Waals surface area contributed by atoms with Crippen molar-refractivity contribution < 1.29 is 28.5 Å². The van der Waals surface area contributed by atoms with E-state index in [1.807, 2.05) is 38.1 Å². The average molecular weight is 470 g/mol. The van der Waals surface area contributed by atoms with Crippen LogP contribution in [-0.2, 0) is 9.53 Å². The van der Waals surface area contributed by atoms with Crippen LogP contribution in [0.15, 0.2) is 41.8 Å². The van der Waals surface area contributed by atoms with Gasteiger partial charge in [0.05, 0.1) is 20.8 Å². The molecule has 1 aromatic heterocycles. The van der Waals surface area contributed by atoms with E-state index in [0.717, 1.165) is 16.7 Å². The number of anilines is 1. The number of rotatable bonds is 9. The fourth-order valence-corrected chi connectivity index (χ4v) is 4.31. The number of amides is 1. The Kier molecular flexibility index (Phi) is 7.95. The first-order valence-corrected chi connectivity index (χ1v) is 11.3. The molecule has 1 heterocycles. The lowest BCUT2D eigenvalue weighted by Gasteiger charge is -2.12. The van der Waals surface area contributed by atoms with Crippen LogP contribution < -0.4 is 19.5 Å². The molecule has 174 valence electrons. The summed E-state index contributed by atoms with van der Waals surface area (Å²) in [6.45, 7) is 5.68. The number of nitrogens with one attached hydrogen (secondary N) is 1. The lowest BCUT2D eigenvalue weighted by molar-refractivity contribution is -0.118. The zero-order chi connectivity index (χ0) is 24.0. The van der Waals surface area contributed by atoms with Gasteiger partial charge in [-0.3, -0.25) is 4.79 Å². The van der Waals surface area contributed by atoms with Crippen LogP contribution in [0.1, 0.15) is 28.4 Å². The third-order valence-electron chi connectivity index (χ3n) is 4.91. The molecule has 1 N–H and O–H groups in total. The van der Waals surface area contributed by atoms with Crippen molar-refractivity contribution in [1.82, 2.24) is 0 Å². The number of hydrogen-bond acceptors (Lipinski definition) is 7. The zero-order valence-corrected chi connectivity index (χ0v) is 20.1. The Morgan fingerprint density at radius 3 is 2.36 bits per heavy atom. The van der Waals surface area contributed by atoms with Crippen LogP contribution in [0.3, 0.4) is 0 Å². The third-order valence-corrected chi connectivity index (χ3v) is 5.80. The minimum absolute atomic E-state index is 0.185. The normalized spacial score (nSPS) is 10.5. The second-order valence-corrected chi connectivity index (χ2v) is 8.13. The first kappa shape index (κ1) is 24.1. The summed E-state index contributed by atoms with van der Waals surface area (Å²) < 4.78 is 21.6. The maximum atomic E-state index is 12.8. The molecule has 0 aliphatic carbocycles. The van der Waals surface area contributed by atoms with Crippen LogP contribution in [0.2, 0.25) is 0 Å². The molecule has 0 unspecified atom stereocenters. The van der Waals surface area contributed by atoms with Crippen molar-refractivity contribution in [2.45, 2.75) is 20.8 Å². The summed E-state index contributed by atoms with van der Waals surface area (Å²) >= 11 is 1.24. The van der Waals surface area contributed by atoms with Crippen molar-refractivity contribution >= 4 is 28.2 Å². The van der Waals surface area contributed by atoms with Crippen LogP contribution in [0, 0.1) is 13.8 Å². The molecule has 2 aromatic carbocycles. The zero-order valence-electron chi connectivity index (χ0n) is 19.3. The lowest BCUT2D eigenvalue weighted by Crippen LogP contribution is -2.21. The van der Waals surface area contributed by atoms with E-state index in [9.17, 15) is 9.59 Å². The molecule has 0 saturated carbocycles. The number of benzene rings is 2. The minimum Gasteiger partial charge on any atom is -0.493 e. The van der Waals surface area contributed by atoms with E-state index in [1.165, 1.54) is 11.3 Å². The predicted octanol–water partition coefficient (Wildman–Crippen LogP) is 5.24. The van der Waals surface area contributed by atoms with Gasteiger partial charge in [-0.1, -0.05) is 23.8 Å². The van der Waals surface area contributed by atoms with E-state index in [2.05, 4.69) is 5.32 Å². The molecular weight excluding hydrogens is 442 g/mol. The quantitative estimate of drug-likeness (QED) is 0.432. The largest absolute Gasteiger partial charge is 0.493 e. The van der Waals surface area contributed by atoms with Gasteiger partial charge in [0.15, 0.2) is 18.1 Å². The van der Waals surface area contributed by atoms with E-state index in [4.69, 9.17) is 18.9 Å². The molecule has 0 aliphatic heterocycles. The maximum absolute atomic E-state index is 12.8. The highest BCUT2D eigenvalue weighted by molar-refractivity contribution is 7.15. The van der Waals surface area contributed by atoms with Crippen molar-refractivity contribution in [2.24, 2.45) is 0 Å². The predicted molar refractivity (Wildman–Crippen MR) is 129 cm³/mol. The molecular formula is C25H27NO6S. The molecule has 33 heavy (non-hydrogen) atoms. The molecule has 3 rings (SSSR count). The molecule has 0 radical (unpaired) electrons. The van der Waals surface area contributed by atoms with Gasteiger partial charge in [-0.2, -0.15) is 0 Å². The topological polar surface area (TPSA) is 83.1 Å².